The summed E-state index contributed by atoms with van der Waals surface area (Å²) < 4.78 is 29.5. The third-order valence-electron chi connectivity index (χ3n) is 5.80. The largest absolute Gasteiger partial charge is 0.327 e. The van der Waals surface area contributed by atoms with E-state index in [-0.39, 0.29) is 41.2 Å². The molecular weight excluding hydrogens is 495 g/mol. The number of amides is 2. The van der Waals surface area contributed by atoms with Crippen LogP contribution >= 0.6 is 23.2 Å². The van der Waals surface area contributed by atoms with Gasteiger partial charge in [0.25, 0.3) is 0 Å². The monoisotopic (exact) mass is 513 g/mol. The van der Waals surface area contributed by atoms with Crippen molar-refractivity contribution in [1.82, 2.24) is 4.90 Å². The summed E-state index contributed by atoms with van der Waals surface area (Å²) in [6.45, 7) is -0.252. The van der Waals surface area contributed by atoms with Crippen LogP contribution in [0.2, 0.25) is 10.0 Å². The van der Waals surface area contributed by atoms with Crippen molar-refractivity contribution < 1.29 is 18.4 Å². The van der Waals surface area contributed by atoms with Gasteiger partial charge in [-0.25, -0.2) is 8.78 Å². The molecule has 4 rings (SSSR count). The molecule has 0 bridgehead atoms. The van der Waals surface area contributed by atoms with Gasteiger partial charge in [-0.05, 0) is 29.8 Å². The van der Waals surface area contributed by atoms with Gasteiger partial charge in [0, 0.05) is 22.6 Å². The maximum atomic E-state index is 15.2. The number of alkyl halides is 1. The minimum absolute atomic E-state index is 0.0986. The van der Waals surface area contributed by atoms with Crippen molar-refractivity contribution in [2.75, 3.05) is 11.9 Å². The normalized spacial score (nSPS) is 17.2. The lowest BCUT2D eigenvalue weighted by Gasteiger charge is -2.24. The molecule has 0 radical (unpaired) electrons. The van der Waals surface area contributed by atoms with Gasteiger partial charge in [-0.2, -0.15) is 5.26 Å². The lowest BCUT2D eigenvalue weighted by atomic mass is 10.0. The SMILES string of the molecule is N#Cc1cc(CC(=O)N2C[C@H](F)CC2C(=O)Nc2cccc(-c3ccccc3Cl)c2F)ccc1Cl. The third kappa shape index (κ3) is 5.29. The van der Waals surface area contributed by atoms with Crippen molar-refractivity contribution in [3.8, 4) is 17.2 Å². The van der Waals surface area contributed by atoms with E-state index in [2.05, 4.69) is 5.32 Å². The number of nitriles is 1. The molecule has 1 N–H and O–H groups in total. The Balaban J connectivity index is 1.53. The Bertz CT molecular complexity index is 1340. The number of nitrogens with zero attached hydrogens (tertiary/aromatic N) is 2. The van der Waals surface area contributed by atoms with Crippen LogP contribution in [-0.2, 0) is 16.0 Å². The number of hydrogen-bond acceptors (Lipinski definition) is 3. The first-order valence-electron chi connectivity index (χ1n) is 10.7. The fourth-order valence-electron chi connectivity index (χ4n) is 4.09. The molecule has 2 amide bonds. The van der Waals surface area contributed by atoms with Gasteiger partial charge >= 0.3 is 0 Å². The maximum Gasteiger partial charge on any atom is 0.247 e. The quantitative estimate of drug-likeness (QED) is 0.469. The average molecular weight is 514 g/mol. The van der Waals surface area contributed by atoms with E-state index in [9.17, 15) is 14.0 Å². The molecule has 1 heterocycles. The number of carbonyl (C=O) groups is 2. The Morgan fingerprint density at radius 2 is 1.80 bits per heavy atom. The van der Waals surface area contributed by atoms with Crippen LogP contribution in [0.3, 0.4) is 0 Å². The molecule has 1 fully saturated rings. The van der Waals surface area contributed by atoms with E-state index in [1.54, 1.807) is 36.4 Å². The highest BCUT2D eigenvalue weighted by Gasteiger charge is 2.40. The number of likely N-dealkylation sites (tertiary alicyclic amines) is 1. The predicted molar refractivity (Wildman–Crippen MR) is 130 cm³/mol. The fourth-order valence-corrected chi connectivity index (χ4v) is 4.48. The Morgan fingerprint density at radius 3 is 2.54 bits per heavy atom. The lowest BCUT2D eigenvalue weighted by molar-refractivity contribution is -0.136. The number of nitrogens with one attached hydrogen (secondary N) is 1. The van der Waals surface area contributed by atoms with Gasteiger partial charge < -0.3 is 10.2 Å². The molecular formula is C26H19Cl2F2N3O2. The first-order chi connectivity index (χ1) is 16.8. The molecule has 1 unspecified atom stereocenters. The molecule has 0 spiro atoms. The number of anilines is 1. The van der Waals surface area contributed by atoms with Gasteiger partial charge in [-0.3, -0.25) is 9.59 Å². The number of benzene rings is 3. The second kappa shape index (κ2) is 10.4. The Kier molecular flexibility index (Phi) is 7.34. The van der Waals surface area contributed by atoms with E-state index in [0.717, 1.165) is 4.90 Å². The average Bonchev–Trinajstić information content (AvgIpc) is 3.24. The molecule has 0 saturated carbocycles. The Hall–Kier alpha value is -3.47. The molecule has 1 saturated heterocycles. The molecule has 3 aromatic rings. The minimum atomic E-state index is -1.39. The van der Waals surface area contributed by atoms with Gasteiger partial charge in [0.05, 0.1) is 29.2 Å². The fraction of sp³-hybridized carbons (Fsp3) is 0.192. The summed E-state index contributed by atoms with van der Waals surface area (Å²) in [5.41, 5.74) is 1.29. The second-order valence-corrected chi connectivity index (χ2v) is 8.95. The van der Waals surface area contributed by atoms with E-state index in [1.807, 2.05) is 6.07 Å². The number of carbonyl (C=O) groups excluding carboxylic acids is 2. The summed E-state index contributed by atoms with van der Waals surface area (Å²) in [6, 6.07) is 16.6. The molecule has 1 aliphatic rings. The molecule has 2 atom stereocenters. The van der Waals surface area contributed by atoms with Crippen molar-refractivity contribution in [2.24, 2.45) is 0 Å². The molecule has 35 heavy (non-hydrogen) atoms. The van der Waals surface area contributed by atoms with Crippen LogP contribution in [0, 0.1) is 17.1 Å². The number of hydrogen-bond donors (Lipinski definition) is 1. The van der Waals surface area contributed by atoms with Crippen molar-refractivity contribution in [1.29, 1.82) is 5.26 Å². The van der Waals surface area contributed by atoms with Crippen LogP contribution in [0.4, 0.5) is 14.5 Å². The zero-order chi connectivity index (χ0) is 25.1. The van der Waals surface area contributed by atoms with Crippen LogP contribution in [-0.4, -0.2) is 35.5 Å². The van der Waals surface area contributed by atoms with E-state index in [4.69, 9.17) is 28.5 Å². The van der Waals surface area contributed by atoms with Crippen molar-refractivity contribution in [3.05, 3.63) is 87.7 Å². The Morgan fingerprint density at radius 1 is 1.06 bits per heavy atom. The summed E-state index contributed by atoms with van der Waals surface area (Å²) in [4.78, 5) is 27.1. The molecule has 5 nitrogen and oxygen atoms in total. The first-order valence-corrected chi connectivity index (χ1v) is 11.5. The van der Waals surface area contributed by atoms with Gasteiger partial charge in [-0.15, -0.1) is 0 Å². The van der Waals surface area contributed by atoms with Crippen LogP contribution in [0.25, 0.3) is 11.1 Å². The summed E-state index contributed by atoms with van der Waals surface area (Å²) in [5.74, 6) is -1.86. The molecule has 3 aromatic carbocycles. The molecule has 178 valence electrons. The van der Waals surface area contributed by atoms with Gasteiger partial charge in [0.2, 0.25) is 11.8 Å². The highest BCUT2D eigenvalue weighted by Crippen LogP contribution is 2.33. The zero-order valence-electron chi connectivity index (χ0n) is 18.3. The highest BCUT2D eigenvalue weighted by atomic mass is 35.5. The summed E-state index contributed by atoms with van der Waals surface area (Å²) in [5, 5.41) is 12.2. The van der Waals surface area contributed by atoms with Gasteiger partial charge in [0.15, 0.2) is 5.82 Å². The van der Waals surface area contributed by atoms with Crippen LogP contribution < -0.4 is 5.32 Å². The summed E-state index contributed by atoms with van der Waals surface area (Å²) in [6.07, 6.45) is -1.74. The van der Waals surface area contributed by atoms with Gasteiger partial charge in [0.1, 0.15) is 18.3 Å². The minimum Gasteiger partial charge on any atom is -0.327 e. The van der Waals surface area contributed by atoms with Crippen LogP contribution in [0.5, 0.6) is 0 Å². The zero-order valence-corrected chi connectivity index (χ0v) is 19.8. The molecule has 9 heteroatoms. The molecule has 0 aromatic heterocycles. The van der Waals surface area contributed by atoms with E-state index in [1.165, 1.54) is 24.3 Å². The lowest BCUT2D eigenvalue weighted by Crippen LogP contribution is -2.44. The van der Waals surface area contributed by atoms with E-state index >= 15 is 4.39 Å². The standard InChI is InChI=1S/C26H19Cl2F2N3O2/c27-20-9-8-15(10-16(20)13-31)11-24(34)33-14-17(29)12-23(33)26(35)32-22-7-3-5-19(25(22)30)18-4-1-2-6-21(18)28/h1-10,17,23H,11-12,14H2,(H,32,35)/t17-,23?/m1/s1. The van der Waals surface area contributed by atoms with Crippen molar-refractivity contribution >= 4 is 40.7 Å². The topological polar surface area (TPSA) is 73.2 Å². The molecule has 1 aliphatic heterocycles. The Labute approximate surface area is 210 Å². The second-order valence-electron chi connectivity index (χ2n) is 8.13. The van der Waals surface area contributed by atoms with Crippen LogP contribution in [0.15, 0.2) is 60.7 Å². The van der Waals surface area contributed by atoms with Crippen molar-refractivity contribution in [2.45, 2.75) is 25.1 Å². The number of rotatable bonds is 5. The predicted octanol–water partition coefficient (Wildman–Crippen LogP) is 5.79. The smallest absolute Gasteiger partial charge is 0.247 e. The van der Waals surface area contributed by atoms with Crippen LogP contribution in [0.1, 0.15) is 17.5 Å². The number of halogens is 4. The van der Waals surface area contributed by atoms with E-state index in [0.29, 0.717) is 16.1 Å². The first kappa shape index (κ1) is 24.6. The summed E-state index contributed by atoms with van der Waals surface area (Å²) >= 11 is 12.1. The maximum absolute atomic E-state index is 15.2. The van der Waals surface area contributed by atoms with E-state index < -0.39 is 29.8 Å². The third-order valence-corrected chi connectivity index (χ3v) is 6.46. The summed E-state index contributed by atoms with van der Waals surface area (Å²) in [7, 11) is 0. The van der Waals surface area contributed by atoms with Gasteiger partial charge in [-0.1, -0.05) is 59.6 Å². The van der Waals surface area contributed by atoms with Crippen molar-refractivity contribution in [3.63, 3.8) is 0 Å². The highest BCUT2D eigenvalue weighted by molar-refractivity contribution is 6.33. The molecule has 0 aliphatic carbocycles.